The molecule has 0 saturated carbocycles. The third-order valence-corrected chi connectivity index (χ3v) is 3.54. The molecule has 0 atom stereocenters. The van der Waals surface area contributed by atoms with Gasteiger partial charge in [0.25, 0.3) is 5.69 Å². The molecule has 0 aliphatic carbocycles. The van der Waals surface area contributed by atoms with E-state index in [0.717, 1.165) is 0 Å². The van der Waals surface area contributed by atoms with Gasteiger partial charge in [-0.3, -0.25) is 10.1 Å². The lowest BCUT2D eigenvalue weighted by Gasteiger charge is -2.11. The zero-order chi connectivity index (χ0) is 17.3. The monoisotopic (exact) mass is 336 g/mol. The minimum absolute atomic E-state index is 0.0543. The molecular weight excluding hydrogens is 324 g/mol. The molecule has 2 rings (SSSR count). The molecule has 0 unspecified atom stereocenters. The van der Waals surface area contributed by atoms with E-state index >= 15 is 0 Å². The molecule has 4 N–H and O–H groups in total. The van der Waals surface area contributed by atoms with Gasteiger partial charge in [0.1, 0.15) is 5.69 Å². The summed E-state index contributed by atoms with van der Waals surface area (Å²) in [5.74, 6) is -0.774. The number of esters is 1. The Morgan fingerprint density at radius 3 is 2.57 bits per heavy atom. The van der Waals surface area contributed by atoms with Crippen LogP contribution in [0, 0.1) is 17.0 Å². The standard InChI is InChI=1S/C14H13ClN4O4/c1-6-3-7(12(17)10(4-6)19(21)22)9-5-8(16)11(15)13(18-9)14(20)23-2/h3-5H,17H2,1-2H3,(H2,16,18). The summed E-state index contributed by atoms with van der Waals surface area (Å²) in [6.45, 7) is 1.68. The molecule has 0 fully saturated rings. The molecule has 2 aromatic rings. The Labute approximate surface area is 136 Å². The number of nitro groups is 1. The van der Waals surface area contributed by atoms with E-state index in [-0.39, 0.29) is 39.0 Å². The molecule has 8 nitrogen and oxygen atoms in total. The fourth-order valence-corrected chi connectivity index (χ4v) is 2.23. The second kappa shape index (κ2) is 6.09. The minimum Gasteiger partial charge on any atom is -0.464 e. The second-order valence-corrected chi connectivity index (χ2v) is 5.13. The quantitative estimate of drug-likeness (QED) is 0.380. The van der Waals surface area contributed by atoms with Crippen LogP contribution < -0.4 is 11.5 Å². The van der Waals surface area contributed by atoms with Gasteiger partial charge in [-0.1, -0.05) is 11.6 Å². The normalized spacial score (nSPS) is 10.4. The van der Waals surface area contributed by atoms with Crippen LogP contribution in [-0.4, -0.2) is 23.0 Å². The van der Waals surface area contributed by atoms with Gasteiger partial charge < -0.3 is 16.2 Å². The van der Waals surface area contributed by atoms with Gasteiger partial charge in [-0.05, 0) is 24.6 Å². The van der Waals surface area contributed by atoms with Crippen LogP contribution in [0.3, 0.4) is 0 Å². The summed E-state index contributed by atoms with van der Waals surface area (Å²) in [5.41, 5.74) is 12.3. The zero-order valence-electron chi connectivity index (χ0n) is 12.3. The molecule has 23 heavy (non-hydrogen) atoms. The number of ether oxygens (including phenoxy) is 1. The maximum Gasteiger partial charge on any atom is 0.358 e. The van der Waals surface area contributed by atoms with Crippen molar-refractivity contribution in [2.45, 2.75) is 6.92 Å². The van der Waals surface area contributed by atoms with Crippen LogP contribution in [-0.2, 0) is 4.74 Å². The molecule has 0 radical (unpaired) electrons. The lowest BCUT2D eigenvalue weighted by Crippen LogP contribution is -2.09. The first-order valence-corrected chi connectivity index (χ1v) is 6.73. The van der Waals surface area contributed by atoms with Crippen molar-refractivity contribution in [1.82, 2.24) is 4.98 Å². The number of rotatable bonds is 3. The number of halogens is 1. The average Bonchev–Trinajstić information content (AvgIpc) is 2.50. The summed E-state index contributed by atoms with van der Waals surface area (Å²) in [6.07, 6.45) is 0. The highest BCUT2D eigenvalue weighted by Crippen LogP contribution is 2.36. The molecule has 0 aliphatic heterocycles. The van der Waals surface area contributed by atoms with Crippen LogP contribution in [0.25, 0.3) is 11.3 Å². The summed E-state index contributed by atoms with van der Waals surface area (Å²) in [6, 6.07) is 4.35. The fourth-order valence-electron chi connectivity index (χ4n) is 2.06. The van der Waals surface area contributed by atoms with E-state index in [1.165, 1.54) is 19.2 Å². The fraction of sp³-hybridized carbons (Fsp3) is 0.143. The van der Waals surface area contributed by atoms with Crippen LogP contribution >= 0.6 is 11.6 Å². The van der Waals surface area contributed by atoms with E-state index in [1.54, 1.807) is 13.0 Å². The number of hydrogen-bond donors (Lipinski definition) is 2. The molecule has 0 spiro atoms. The Morgan fingerprint density at radius 2 is 2.00 bits per heavy atom. The number of nitrogens with zero attached hydrogens (tertiary/aromatic N) is 2. The highest BCUT2D eigenvalue weighted by molar-refractivity contribution is 6.35. The molecule has 0 saturated heterocycles. The molecular formula is C14H13ClN4O4. The van der Waals surface area contributed by atoms with Crippen molar-refractivity contribution in [3.8, 4) is 11.3 Å². The van der Waals surface area contributed by atoms with Gasteiger partial charge in [0.2, 0.25) is 0 Å². The van der Waals surface area contributed by atoms with E-state index in [0.29, 0.717) is 5.56 Å². The Hall–Kier alpha value is -2.87. The third kappa shape index (κ3) is 3.02. The van der Waals surface area contributed by atoms with Crippen LogP contribution in [0.5, 0.6) is 0 Å². The highest BCUT2D eigenvalue weighted by atomic mass is 35.5. The Kier molecular flexibility index (Phi) is 4.37. The largest absolute Gasteiger partial charge is 0.464 e. The van der Waals surface area contributed by atoms with Gasteiger partial charge in [-0.25, -0.2) is 9.78 Å². The number of hydrogen-bond acceptors (Lipinski definition) is 7. The number of nitrogen functional groups attached to an aromatic ring is 2. The van der Waals surface area contributed by atoms with Crippen molar-refractivity contribution >= 4 is 34.6 Å². The van der Waals surface area contributed by atoms with Gasteiger partial charge in [0, 0.05) is 11.6 Å². The van der Waals surface area contributed by atoms with Gasteiger partial charge in [-0.2, -0.15) is 0 Å². The van der Waals surface area contributed by atoms with Crippen LogP contribution in [0.4, 0.5) is 17.1 Å². The predicted octanol–water partition coefficient (Wildman–Crippen LogP) is 2.57. The maximum absolute atomic E-state index is 11.7. The number of aromatic nitrogens is 1. The Balaban J connectivity index is 2.75. The number of anilines is 2. The maximum atomic E-state index is 11.7. The Morgan fingerprint density at radius 1 is 1.35 bits per heavy atom. The van der Waals surface area contributed by atoms with Crippen LogP contribution in [0.2, 0.25) is 5.02 Å². The first kappa shape index (κ1) is 16.5. The first-order chi connectivity index (χ1) is 10.8. The number of carbonyl (C=O) groups excluding carboxylic acids is 1. The summed E-state index contributed by atoms with van der Waals surface area (Å²) >= 11 is 5.95. The number of carbonyl (C=O) groups is 1. The van der Waals surface area contributed by atoms with Gasteiger partial charge in [0.15, 0.2) is 5.69 Å². The van der Waals surface area contributed by atoms with E-state index in [2.05, 4.69) is 9.72 Å². The van der Waals surface area contributed by atoms with Crippen LogP contribution in [0.1, 0.15) is 16.1 Å². The average molecular weight is 337 g/mol. The SMILES string of the molecule is COC(=O)c1nc(-c2cc(C)cc([N+](=O)[O-])c2N)cc(N)c1Cl. The molecule has 120 valence electrons. The second-order valence-electron chi connectivity index (χ2n) is 4.75. The summed E-state index contributed by atoms with van der Waals surface area (Å²) in [7, 11) is 1.18. The van der Waals surface area contributed by atoms with Crippen molar-refractivity contribution in [2.75, 3.05) is 18.6 Å². The van der Waals surface area contributed by atoms with Gasteiger partial charge in [0.05, 0.1) is 28.4 Å². The Bertz CT molecular complexity index is 823. The van der Waals surface area contributed by atoms with Gasteiger partial charge in [-0.15, -0.1) is 0 Å². The number of methoxy groups -OCH3 is 1. The van der Waals surface area contributed by atoms with E-state index in [4.69, 9.17) is 23.1 Å². The van der Waals surface area contributed by atoms with Crippen molar-refractivity contribution in [3.63, 3.8) is 0 Å². The smallest absolute Gasteiger partial charge is 0.358 e. The molecule has 0 amide bonds. The molecule has 1 heterocycles. The third-order valence-electron chi connectivity index (χ3n) is 3.14. The summed E-state index contributed by atoms with van der Waals surface area (Å²) in [5, 5.41) is 11.0. The lowest BCUT2D eigenvalue weighted by atomic mass is 10.0. The minimum atomic E-state index is -0.774. The van der Waals surface area contributed by atoms with E-state index < -0.39 is 10.9 Å². The van der Waals surface area contributed by atoms with Crippen molar-refractivity contribution in [1.29, 1.82) is 0 Å². The molecule has 0 aliphatic rings. The first-order valence-electron chi connectivity index (χ1n) is 6.35. The summed E-state index contributed by atoms with van der Waals surface area (Å²) < 4.78 is 4.60. The number of nitro benzene ring substituents is 1. The predicted molar refractivity (Wildman–Crippen MR) is 86.2 cm³/mol. The number of aryl methyl sites for hydroxylation is 1. The number of benzene rings is 1. The molecule has 0 bridgehead atoms. The molecule has 9 heteroatoms. The van der Waals surface area contributed by atoms with Crippen molar-refractivity contribution in [3.05, 3.63) is 44.6 Å². The van der Waals surface area contributed by atoms with Crippen molar-refractivity contribution in [2.24, 2.45) is 0 Å². The van der Waals surface area contributed by atoms with Crippen LogP contribution in [0.15, 0.2) is 18.2 Å². The molecule has 1 aromatic carbocycles. The highest BCUT2D eigenvalue weighted by Gasteiger charge is 2.22. The zero-order valence-corrected chi connectivity index (χ0v) is 13.0. The molecule has 1 aromatic heterocycles. The van der Waals surface area contributed by atoms with Crippen molar-refractivity contribution < 1.29 is 14.5 Å². The lowest BCUT2D eigenvalue weighted by molar-refractivity contribution is -0.383. The summed E-state index contributed by atoms with van der Waals surface area (Å²) in [4.78, 5) is 26.3. The number of nitrogens with two attached hydrogens (primary N) is 2. The van der Waals surface area contributed by atoms with Gasteiger partial charge >= 0.3 is 5.97 Å². The van der Waals surface area contributed by atoms with E-state index in [1.807, 2.05) is 0 Å². The van der Waals surface area contributed by atoms with E-state index in [9.17, 15) is 14.9 Å². The topological polar surface area (TPSA) is 134 Å². The number of pyridine rings is 1.